The van der Waals surface area contributed by atoms with Gasteiger partial charge in [0.1, 0.15) is 9.79 Å². The first-order valence-corrected chi connectivity index (χ1v) is 9.22. The average Bonchev–Trinajstić information content (AvgIpc) is 2.49. The molecule has 11 heteroatoms. The summed E-state index contributed by atoms with van der Waals surface area (Å²) in [7, 11) is -9.67. The fraction of sp³-hybridized carbons (Fsp3) is 0. The average molecular weight is 391 g/mol. The maximum atomic E-state index is 12.7. The first-order valence-electron chi connectivity index (χ1n) is 6.34. The minimum Gasteiger partial charge on any atom is -0.289 e. The Morgan fingerprint density at radius 1 is 0.640 bits per heavy atom. The van der Waals surface area contributed by atoms with Crippen molar-refractivity contribution < 1.29 is 35.5 Å². The van der Waals surface area contributed by atoms with Gasteiger partial charge >= 0.3 is 0 Å². The molecule has 1 aliphatic rings. The van der Waals surface area contributed by atoms with E-state index in [1.54, 1.807) is 0 Å². The van der Waals surface area contributed by atoms with E-state index >= 15 is 0 Å². The summed E-state index contributed by atoms with van der Waals surface area (Å²) in [6.45, 7) is 0. The molecule has 0 aliphatic heterocycles. The SMILES string of the molecule is O=C1c2cccc(S(=O)(=O)O)c2C(=O)c2c1cccc2S(=O)(=O)O.[Na]. The molecular formula is C14H8NaO8S2. The van der Waals surface area contributed by atoms with Crippen LogP contribution in [0.2, 0.25) is 0 Å². The van der Waals surface area contributed by atoms with E-state index in [-0.39, 0.29) is 40.7 Å². The Hall–Kier alpha value is -1.40. The Bertz CT molecular complexity index is 1050. The molecule has 25 heavy (non-hydrogen) atoms. The van der Waals surface area contributed by atoms with Gasteiger partial charge in [0, 0.05) is 40.7 Å². The third-order valence-electron chi connectivity index (χ3n) is 3.55. The summed E-state index contributed by atoms with van der Waals surface area (Å²) in [4.78, 5) is 23.6. The van der Waals surface area contributed by atoms with E-state index < -0.39 is 52.7 Å². The predicted molar refractivity (Wildman–Crippen MR) is 85.1 cm³/mol. The monoisotopic (exact) mass is 391 g/mol. The summed E-state index contributed by atoms with van der Waals surface area (Å²) in [6, 6.07) is 6.55. The molecule has 0 fully saturated rings. The summed E-state index contributed by atoms with van der Waals surface area (Å²) >= 11 is 0. The van der Waals surface area contributed by atoms with Gasteiger partial charge in [0.05, 0.1) is 11.1 Å². The van der Waals surface area contributed by atoms with Gasteiger partial charge in [-0.15, -0.1) is 0 Å². The van der Waals surface area contributed by atoms with Crippen molar-refractivity contribution in [2.45, 2.75) is 9.79 Å². The number of fused-ring (bicyclic) bond motifs is 2. The van der Waals surface area contributed by atoms with Crippen LogP contribution in [0.3, 0.4) is 0 Å². The van der Waals surface area contributed by atoms with Gasteiger partial charge in [0.25, 0.3) is 20.2 Å². The van der Waals surface area contributed by atoms with Crippen LogP contribution < -0.4 is 0 Å². The van der Waals surface area contributed by atoms with Crippen molar-refractivity contribution in [3.8, 4) is 0 Å². The number of ketones is 2. The molecule has 0 bridgehead atoms. The molecule has 8 nitrogen and oxygen atoms in total. The predicted octanol–water partition coefficient (Wildman–Crippen LogP) is 0.575. The van der Waals surface area contributed by atoms with Crippen molar-refractivity contribution in [3.05, 3.63) is 58.7 Å². The van der Waals surface area contributed by atoms with Gasteiger partial charge < -0.3 is 0 Å². The fourth-order valence-corrected chi connectivity index (χ4v) is 4.03. The van der Waals surface area contributed by atoms with E-state index in [1.807, 2.05) is 0 Å². The van der Waals surface area contributed by atoms with E-state index in [2.05, 4.69) is 0 Å². The molecule has 1 radical (unpaired) electrons. The molecule has 0 saturated carbocycles. The van der Waals surface area contributed by atoms with Gasteiger partial charge in [0.2, 0.25) is 0 Å². The molecule has 1 aliphatic carbocycles. The van der Waals surface area contributed by atoms with Crippen LogP contribution >= 0.6 is 0 Å². The van der Waals surface area contributed by atoms with E-state index in [9.17, 15) is 35.5 Å². The van der Waals surface area contributed by atoms with E-state index in [4.69, 9.17) is 0 Å². The Kier molecular flexibility index (Phi) is 5.10. The molecule has 0 saturated heterocycles. The van der Waals surface area contributed by atoms with Crippen molar-refractivity contribution in [2.24, 2.45) is 0 Å². The van der Waals surface area contributed by atoms with Gasteiger partial charge in [0.15, 0.2) is 11.6 Å². The number of hydrogen-bond donors (Lipinski definition) is 2. The van der Waals surface area contributed by atoms with Crippen molar-refractivity contribution in [2.75, 3.05) is 0 Å². The summed E-state index contributed by atoms with van der Waals surface area (Å²) < 4.78 is 64.4. The van der Waals surface area contributed by atoms with Gasteiger partial charge in [-0.3, -0.25) is 18.7 Å². The fourth-order valence-electron chi connectivity index (χ4n) is 2.61. The molecule has 0 heterocycles. The molecular weight excluding hydrogens is 383 g/mol. The summed E-state index contributed by atoms with van der Waals surface area (Å²) in [5.74, 6) is -1.89. The molecule has 0 aromatic heterocycles. The van der Waals surface area contributed by atoms with Gasteiger partial charge in [-0.05, 0) is 12.1 Å². The molecule has 3 rings (SSSR count). The maximum Gasteiger partial charge on any atom is 0.295 e. The maximum absolute atomic E-state index is 12.7. The Morgan fingerprint density at radius 2 is 1.00 bits per heavy atom. The van der Waals surface area contributed by atoms with Crippen molar-refractivity contribution in [3.63, 3.8) is 0 Å². The Labute approximate surface area is 164 Å². The van der Waals surface area contributed by atoms with Crippen molar-refractivity contribution in [1.82, 2.24) is 0 Å². The van der Waals surface area contributed by atoms with Crippen LogP contribution in [0, 0.1) is 0 Å². The van der Waals surface area contributed by atoms with Crippen molar-refractivity contribution >= 4 is 61.4 Å². The molecule has 0 spiro atoms. The van der Waals surface area contributed by atoms with E-state index in [1.165, 1.54) is 24.3 Å². The molecule has 2 aromatic carbocycles. The molecule has 0 amide bonds. The van der Waals surface area contributed by atoms with Gasteiger partial charge in [-0.25, -0.2) is 0 Å². The third-order valence-corrected chi connectivity index (χ3v) is 5.34. The summed E-state index contributed by atoms with van der Waals surface area (Å²) in [6.07, 6.45) is 0. The first kappa shape index (κ1) is 19.9. The third kappa shape index (κ3) is 3.22. The number of carbonyl (C=O) groups excluding carboxylic acids is 2. The normalized spacial score (nSPS) is 13.7. The number of carbonyl (C=O) groups is 2. The largest absolute Gasteiger partial charge is 0.295 e. The summed E-state index contributed by atoms with van der Waals surface area (Å²) in [5.41, 5.74) is -1.83. The van der Waals surface area contributed by atoms with Crippen LogP contribution in [0.25, 0.3) is 0 Å². The molecule has 0 atom stereocenters. The Morgan fingerprint density at radius 3 is 1.32 bits per heavy atom. The smallest absolute Gasteiger partial charge is 0.289 e. The van der Waals surface area contributed by atoms with E-state index in [0.29, 0.717) is 0 Å². The number of benzene rings is 2. The number of rotatable bonds is 2. The van der Waals surface area contributed by atoms with Crippen LogP contribution in [-0.4, -0.2) is 67.1 Å². The van der Waals surface area contributed by atoms with E-state index in [0.717, 1.165) is 12.1 Å². The zero-order chi connectivity index (χ0) is 17.9. The Balaban J connectivity index is 0.00000225. The zero-order valence-electron chi connectivity index (χ0n) is 12.6. The second-order valence-electron chi connectivity index (χ2n) is 4.97. The molecule has 0 unspecified atom stereocenters. The second-order valence-corrected chi connectivity index (χ2v) is 7.75. The topological polar surface area (TPSA) is 143 Å². The van der Waals surface area contributed by atoms with Crippen LogP contribution in [0.5, 0.6) is 0 Å². The number of hydrogen-bond acceptors (Lipinski definition) is 6. The van der Waals surface area contributed by atoms with Crippen LogP contribution in [0.1, 0.15) is 31.8 Å². The quantitative estimate of drug-likeness (QED) is 0.477. The van der Waals surface area contributed by atoms with Gasteiger partial charge in [-0.1, -0.05) is 24.3 Å². The molecule has 125 valence electrons. The molecule has 2 N–H and O–H groups in total. The standard InChI is InChI=1S/C14H8O8S2.Na/c15-13-7-3-1-5-9(23(17,18)19)11(7)14(16)12-8(13)4-2-6-10(12)24(20,21)22;/h1-6H,(H,17,18,19)(H,20,21,22);. The zero-order valence-corrected chi connectivity index (χ0v) is 16.3. The molecule has 2 aromatic rings. The minimum absolute atomic E-state index is 0. The minimum atomic E-state index is -4.84. The second kappa shape index (κ2) is 6.40. The van der Waals surface area contributed by atoms with Gasteiger partial charge in [-0.2, -0.15) is 16.8 Å². The van der Waals surface area contributed by atoms with Crippen LogP contribution in [-0.2, 0) is 20.2 Å². The van der Waals surface area contributed by atoms with Crippen LogP contribution in [0.15, 0.2) is 46.2 Å². The summed E-state index contributed by atoms with van der Waals surface area (Å²) in [5, 5.41) is 0. The van der Waals surface area contributed by atoms with Crippen molar-refractivity contribution in [1.29, 1.82) is 0 Å². The van der Waals surface area contributed by atoms with Crippen LogP contribution in [0.4, 0.5) is 0 Å². The first-order chi connectivity index (χ1) is 11.0.